The molecule has 114 valence electrons. The number of nitrogens with one attached hydrogen (secondary N) is 2. The lowest BCUT2D eigenvalue weighted by atomic mass is 10.2. The summed E-state index contributed by atoms with van der Waals surface area (Å²) in [6.45, 7) is 0.0773. The summed E-state index contributed by atoms with van der Waals surface area (Å²) in [6.07, 6.45) is 1.45. The Morgan fingerprint density at radius 1 is 1.27 bits per heavy atom. The van der Waals surface area contributed by atoms with Gasteiger partial charge in [0.2, 0.25) is 0 Å². The summed E-state index contributed by atoms with van der Waals surface area (Å²) in [5, 5.41) is 6.77. The Bertz CT molecular complexity index is 657. The summed E-state index contributed by atoms with van der Waals surface area (Å²) in [7, 11) is 1.58. The number of rotatable bonds is 6. The van der Waals surface area contributed by atoms with Gasteiger partial charge in [-0.1, -0.05) is 18.2 Å². The van der Waals surface area contributed by atoms with E-state index in [-0.39, 0.29) is 18.3 Å². The van der Waals surface area contributed by atoms with Crippen molar-refractivity contribution in [3.05, 3.63) is 59.9 Å². The summed E-state index contributed by atoms with van der Waals surface area (Å²) in [6, 6.07) is 13.1. The summed E-state index contributed by atoms with van der Waals surface area (Å²) < 4.78 is 17.8. The van der Waals surface area contributed by atoms with Gasteiger partial charge in [0.05, 0.1) is 19.9 Å². The maximum absolute atomic E-state index is 12.7. The Morgan fingerprint density at radius 3 is 2.77 bits per heavy atom. The van der Waals surface area contributed by atoms with Crippen molar-refractivity contribution in [1.82, 2.24) is 5.43 Å². The highest BCUT2D eigenvalue weighted by Gasteiger charge is 2.00. The summed E-state index contributed by atoms with van der Waals surface area (Å²) in [4.78, 5) is 11.6. The number of hydrazone groups is 1. The molecule has 0 radical (unpaired) electrons. The lowest BCUT2D eigenvalue weighted by Gasteiger charge is -2.06. The van der Waals surface area contributed by atoms with Crippen molar-refractivity contribution in [2.45, 2.75) is 0 Å². The second-order valence-electron chi connectivity index (χ2n) is 4.43. The summed E-state index contributed by atoms with van der Waals surface area (Å²) >= 11 is 0. The van der Waals surface area contributed by atoms with Crippen LogP contribution in [0.4, 0.5) is 10.1 Å². The zero-order valence-electron chi connectivity index (χ0n) is 12.0. The second kappa shape index (κ2) is 7.78. The van der Waals surface area contributed by atoms with E-state index in [2.05, 4.69) is 15.8 Å². The average molecular weight is 301 g/mol. The fraction of sp³-hybridized carbons (Fsp3) is 0.125. The van der Waals surface area contributed by atoms with Gasteiger partial charge in [-0.25, -0.2) is 9.82 Å². The van der Waals surface area contributed by atoms with Crippen molar-refractivity contribution in [3.63, 3.8) is 0 Å². The van der Waals surface area contributed by atoms with Gasteiger partial charge in [0, 0.05) is 11.8 Å². The van der Waals surface area contributed by atoms with E-state index in [1.165, 1.54) is 18.3 Å². The van der Waals surface area contributed by atoms with Crippen LogP contribution in [0.1, 0.15) is 5.56 Å². The van der Waals surface area contributed by atoms with Crippen LogP contribution in [0.25, 0.3) is 0 Å². The molecule has 0 aromatic heterocycles. The fourth-order valence-corrected chi connectivity index (χ4v) is 1.68. The highest BCUT2D eigenvalue weighted by Crippen LogP contribution is 2.16. The Kier molecular flexibility index (Phi) is 5.48. The van der Waals surface area contributed by atoms with E-state index in [1.807, 2.05) is 18.2 Å². The van der Waals surface area contributed by atoms with Crippen LogP contribution in [0.2, 0.25) is 0 Å². The van der Waals surface area contributed by atoms with Crippen molar-refractivity contribution in [1.29, 1.82) is 0 Å². The highest BCUT2D eigenvalue weighted by molar-refractivity contribution is 5.84. The third-order valence-corrected chi connectivity index (χ3v) is 2.80. The van der Waals surface area contributed by atoms with Crippen LogP contribution < -0.4 is 15.5 Å². The number of amides is 1. The normalized spacial score (nSPS) is 10.5. The van der Waals surface area contributed by atoms with E-state index in [0.29, 0.717) is 11.3 Å². The van der Waals surface area contributed by atoms with Crippen LogP contribution in [0.3, 0.4) is 0 Å². The van der Waals surface area contributed by atoms with Crippen LogP contribution in [0, 0.1) is 5.82 Å². The van der Waals surface area contributed by atoms with Gasteiger partial charge in [-0.2, -0.15) is 5.10 Å². The topological polar surface area (TPSA) is 62.7 Å². The van der Waals surface area contributed by atoms with Crippen molar-refractivity contribution < 1.29 is 13.9 Å². The number of methoxy groups -OCH3 is 1. The van der Waals surface area contributed by atoms with E-state index < -0.39 is 0 Å². The minimum Gasteiger partial charge on any atom is -0.497 e. The number of hydrogen-bond donors (Lipinski definition) is 2. The molecule has 0 saturated heterocycles. The molecule has 0 spiro atoms. The van der Waals surface area contributed by atoms with E-state index in [4.69, 9.17) is 4.74 Å². The maximum Gasteiger partial charge on any atom is 0.259 e. The van der Waals surface area contributed by atoms with E-state index >= 15 is 0 Å². The lowest BCUT2D eigenvalue weighted by Crippen LogP contribution is -2.25. The zero-order valence-corrected chi connectivity index (χ0v) is 12.0. The van der Waals surface area contributed by atoms with Gasteiger partial charge in [-0.05, 0) is 29.8 Å². The molecule has 22 heavy (non-hydrogen) atoms. The Balaban J connectivity index is 1.79. The van der Waals surface area contributed by atoms with Crippen LogP contribution in [-0.4, -0.2) is 25.8 Å². The summed E-state index contributed by atoms with van der Waals surface area (Å²) in [5.74, 6) is 0.101. The molecule has 1 amide bonds. The second-order valence-corrected chi connectivity index (χ2v) is 4.43. The first-order valence-electron chi connectivity index (χ1n) is 6.63. The van der Waals surface area contributed by atoms with Gasteiger partial charge in [0.1, 0.15) is 11.6 Å². The number of carbonyl (C=O) groups excluding carboxylic acids is 1. The minimum absolute atomic E-state index is 0.0773. The molecular weight excluding hydrogens is 285 g/mol. The fourth-order valence-electron chi connectivity index (χ4n) is 1.68. The Hall–Kier alpha value is -2.89. The number of halogens is 1. The molecule has 0 atom stereocenters. The maximum atomic E-state index is 12.7. The quantitative estimate of drug-likeness (QED) is 0.636. The van der Waals surface area contributed by atoms with E-state index in [9.17, 15) is 9.18 Å². The third-order valence-electron chi connectivity index (χ3n) is 2.80. The first kappa shape index (κ1) is 15.5. The molecule has 0 fully saturated rings. The molecule has 2 aromatic rings. The standard InChI is InChI=1S/C16H16FN3O2/c1-22-15-4-2-3-14(9-15)18-11-16(21)20-19-10-12-5-7-13(17)8-6-12/h2-10,18H,11H2,1H3,(H,20,21)/b19-10-. The molecule has 0 aliphatic rings. The molecule has 0 heterocycles. The van der Waals surface area contributed by atoms with Gasteiger partial charge in [-0.3, -0.25) is 4.79 Å². The van der Waals surface area contributed by atoms with Gasteiger partial charge >= 0.3 is 0 Å². The molecule has 0 saturated carbocycles. The number of anilines is 1. The highest BCUT2D eigenvalue weighted by atomic mass is 19.1. The number of ether oxygens (including phenoxy) is 1. The van der Waals surface area contributed by atoms with Gasteiger partial charge in [0.25, 0.3) is 5.91 Å². The van der Waals surface area contributed by atoms with Crippen molar-refractivity contribution in [2.24, 2.45) is 5.10 Å². The first-order chi connectivity index (χ1) is 10.7. The lowest BCUT2D eigenvalue weighted by molar-refractivity contribution is -0.119. The summed E-state index contributed by atoms with van der Waals surface area (Å²) in [5.41, 5.74) is 3.86. The molecule has 0 aliphatic heterocycles. The molecule has 6 heteroatoms. The molecule has 2 aromatic carbocycles. The zero-order chi connectivity index (χ0) is 15.8. The van der Waals surface area contributed by atoms with Crippen LogP contribution in [0.15, 0.2) is 53.6 Å². The Morgan fingerprint density at radius 2 is 2.05 bits per heavy atom. The molecule has 2 N–H and O–H groups in total. The third kappa shape index (κ3) is 4.90. The number of benzene rings is 2. The molecule has 0 bridgehead atoms. The number of nitrogens with zero attached hydrogens (tertiary/aromatic N) is 1. The van der Waals surface area contributed by atoms with Gasteiger partial charge in [0.15, 0.2) is 0 Å². The predicted octanol–water partition coefficient (Wildman–Crippen LogP) is 2.40. The average Bonchev–Trinajstić information content (AvgIpc) is 2.55. The number of carbonyl (C=O) groups is 1. The number of hydrogen-bond acceptors (Lipinski definition) is 4. The SMILES string of the molecule is COc1cccc(NCC(=O)N/N=C\c2ccc(F)cc2)c1. The Labute approximate surface area is 127 Å². The van der Waals surface area contributed by atoms with Crippen LogP contribution >= 0.6 is 0 Å². The van der Waals surface area contributed by atoms with Crippen LogP contribution in [-0.2, 0) is 4.79 Å². The molecular formula is C16H16FN3O2. The largest absolute Gasteiger partial charge is 0.497 e. The van der Waals surface area contributed by atoms with Crippen LogP contribution in [0.5, 0.6) is 5.75 Å². The van der Waals surface area contributed by atoms with Crippen molar-refractivity contribution in [2.75, 3.05) is 19.0 Å². The molecule has 5 nitrogen and oxygen atoms in total. The van der Waals surface area contributed by atoms with E-state index in [1.54, 1.807) is 25.3 Å². The molecule has 2 rings (SSSR count). The van der Waals surface area contributed by atoms with Crippen molar-refractivity contribution >= 4 is 17.8 Å². The minimum atomic E-state index is -0.316. The molecule has 0 aliphatic carbocycles. The van der Waals surface area contributed by atoms with Crippen molar-refractivity contribution in [3.8, 4) is 5.75 Å². The smallest absolute Gasteiger partial charge is 0.259 e. The van der Waals surface area contributed by atoms with Gasteiger partial charge in [-0.15, -0.1) is 0 Å². The monoisotopic (exact) mass is 301 g/mol. The first-order valence-corrected chi connectivity index (χ1v) is 6.63. The predicted molar refractivity (Wildman–Crippen MR) is 83.6 cm³/mol. The van der Waals surface area contributed by atoms with E-state index in [0.717, 1.165) is 5.69 Å². The molecule has 0 unspecified atom stereocenters. The van der Waals surface area contributed by atoms with Gasteiger partial charge < -0.3 is 10.1 Å².